The Bertz CT molecular complexity index is 908. The highest BCUT2D eigenvalue weighted by molar-refractivity contribution is 5.92. The lowest BCUT2D eigenvalue weighted by atomic mass is 10.1. The number of carbonyl (C=O) groups is 1. The Morgan fingerprint density at radius 2 is 1.50 bits per heavy atom. The molecule has 130 valence electrons. The van der Waals surface area contributed by atoms with Crippen LogP contribution in [0.3, 0.4) is 0 Å². The van der Waals surface area contributed by atoms with Crippen molar-refractivity contribution in [3.8, 4) is 11.5 Å². The molecule has 1 heterocycles. The Hall–Kier alpha value is -3.47. The summed E-state index contributed by atoms with van der Waals surface area (Å²) in [6.45, 7) is 0.260. The van der Waals surface area contributed by atoms with E-state index in [1.54, 1.807) is 0 Å². The van der Waals surface area contributed by atoms with Crippen molar-refractivity contribution in [3.05, 3.63) is 78.4 Å². The van der Waals surface area contributed by atoms with Gasteiger partial charge in [0.2, 0.25) is 12.7 Å². The van der Waals surface area contributed by atoms with E-state index in [4.69, 9.17) is 9.47 Å². The molecule has 5 nitrogen and oxygen atoms in total. The lowest BCUT2D eigenvalue weighted by Crippen LogP contribution is -2.14. The molecule has 0 aromatic heterocycles. The van der Waals surface area contributed by atoms with Crippen LogP contribution in [-0.2, 0) is 11.2 Å². The maximum absolute atomic E-state index is 12.1. The number of anilines is 3. The molecule has 0 bridgehead atoms. The number of hydrogen-bond acceptors (Lipinski definition) is 4. The highest BCUT2D eigenvalue weighted by atomic mass is 16.7. The summed E-state index contributed by atoms with van der Waals surface area (Å²) in [5.74, 6) is 1.46. The van der Waals surface area contributed by atoms with E-state index in [-0.39, 0.29) is 12.7 Å². The number of carbonyl (C=O) groups excluding carboxylic acids is 1. The number of ether oxygens (including phenoxy) is 2. The van der Waals surface area contributed by atoms with Crippen LogP contribution in [0.2, 0.25) is 0 Å². The first kappa shape index (κ1) is 16.0. The van der Waals surface area contributed by atoms with Crippen molar-refractivity contribution >= 4 is 23.0 Å². The molecule has 0 saturated heterocycles. The third kappa shape index (κ3) is 3.78. The zero-order valence-corrected chi connectivity index (χ0v) is 14.1. The lowest BCUT2D eigenvalue weighted by molar-refractivity contribution is -0.115. The zero-order valence-electron chi connectivity index (χ0n) is 14.1. The first-order valence-corrected chi connectivity index (χ1v) is 8.37. The van der Waals surface area contributed by atoms with Crippen LogP contribution in [0, 0.1) is 0 Å². The number of fused-ring (bicyclic) bond motifs is 1. The Kier molecular flexibility index (Phi) is 4.43. The maximum atomic E-state index is 12.1. The van der Waals surface area contributed by atoms with Crippen molar-refractivity contribution < 1.29 is 14.3 Å². The van der Waals surface area contributed by atoms with E-state index in [0.29, 0.717) is 6.42 Å². The zero-order chi connectivity index (χ0) is 17.8. The molecular weight excluding hydrogens is 328 g/mol. The van der Waals surface area contributed by atoms with Gasteiger partial charge in [-0.3, -0.25) is 4.79 Å². The second-order valence-electron chi connectivity index (χ2n) is 5.98. The minimum atomic E-state index is -0.0346. The summed E-state index contributed by atoms with van der Waals surface area (Å²) in [4.78, 5) is 12.1. The summed E-state index contributed by atoms with van der Waals surface area (Å²) >= 11 is 0. The normalized spacial score (nSPS) is 11.8. The topological polar surface area (TPSA) is 59.6 Å². The molecule has 5 heteroatoms. The van der Waals surface area contributed by atoms with Crippen LogP contribution in [0.25, 0.3) is 0 Å². The number of hydrogen-bond donors (Lipinski definition) is 2. The van der Waals surface area contributed by atoms with E-state index < -0.39 is 0 Å². The Morgan fingerprint density at radius 1 is 0.808 bits per heavy atom. The van der Waals surface area contributed by atoms with Crippen LogP contribution in [0.4, 0.5) is 17.1 Å². The summed E-state index contributed by atoms with van der Waals surface area (Å²) in [6.07, 6.45) is 0.359. The minimum absolute atomic E-state index is 0.0346. The van der Waals surface area contributed by atoms with Gasteiger partial charge in [0, 0.05) is 23.1 Å². The molecular formula is C21H18N2O3. The van der Waals surface area contributed by atoms with E-state index in [1.165, 1.54) is 0 Å². The van der Waals surface area contributed by atoms with Crippen molar-refractivity contribution in [1.82, 2.24) is 0 Å². The Balaban J connectivity index is 1.36. The van der Waals surface area contributed by atoms with Gasteiger partial charge in [0.25, 0.3) is 0 Å². The van der Waals surface area contributed by atoms with E-state index >= 15 is 0 Å². The fourth-order valence-electron chi connectivity index (χ4n) is 2.76. The SMILES string of the molecule is O=C(Cc1ccccc1)Nc1ccc(Nc2ccc3c(c2)OCO3)cc1. The number of nitrogens with one attached hydrogen (secondary N) is 2. The molecule has 2 N–H and O–H groups in total. The summed E-state index contributed by atoms with van der Waals surface area (Å²) in [7, 11) is 0. The van der Waals surface area contributed by atoms with Crippen LogP contribution in [0.5, 0.6) is 11.5 Å². The second-order valence-corrected chi connectivity index (χ2v) is 5.98. The quantitative estimate of drug-likeness (QED) is 0.721. The molecule has 0 spiro atoms. The van der Waals surface area contributed by atoms with Gasteiger partial charge >= 0.3 is 0 Å². The van der Waals surface area contributed by atoms with E-state index in [1.807, 2.05) is 72.8 Å². The Labute approximate surface area is 151 Å². The molecule has 0 saturated carbocycles. The maximum Gasteiger partial charge on any atom is 0.231 e. The van der Waals surface area contributed by atoms with Crippen molar-refractivity contribution in [2.75, 3.05) is 17.4 Å². The van der Waals surface area contributed by atoms with Crippen LogP contribution in [0.15, 0.2) is 72.8 Å². The largest absolute Gasteiger partial charge is 0.454 e. The Morgan fingerprint density at radius 3 is 2.31 bits per heavy atom. The predicted octanol–water partition coefficient (Wildman–Crippen LogP) is 4.34. The highest BCUT2D eigenvalue weighted by Crippen LogP contribution is 2.35. The molecule has 1 aliphatic heterocycles. The lowest BCUT2D eigenvalue weighted by Gasteiger charge is -2.09. The van der Waals surface area contributed by atoms with Gasteiger partial charge in [0.15, 0.2) is 11.5 Å². The van der Waals surface area contributed by atoms with Gasteiger partial charge in [-0.1, -0.05) is 30.3 Å². The molecule has 3 aromatic carbocycles. The third-order valence-electron chi connectivity index (χ3n) is 4.04. The van der Waals surface area contributed by atoms with Gasteiger partial charge in [0.05, 0.1) is 6.42 Å². The van der Waals surface area contributed by atoms with Gasteiger partial charge in [-0.05, 0) is 42.0 Å². The summed E-state index contributed by atoms with van der Waals surface area (Å²) in [6, 6.07) is 23.0. The molecule has 0 aliphatic carbocycles. The smallest absolute Gasteiger partial charge is 0.231 e. The van der Waals surface area contributed by atoms with E-state index in [9.17, 15) is 4.79 Å². The van der Waals surface area contributed by atoms with Gasteiger partial charge < -0.3 is 20.1 Å². The molecule has 0 radical (unpaired) electrons. The second kappa shape index (κ2) is 7.19. The third-order valence-corrected chi connectivity index (χ3v) is 4.04. The molecule has 1 amide bonds. The van der Waals surface area contributed by atoms with Crippen LogP contribution < -0.4 is 20.1 Å². The van der Waals surface area contributed by atoms with Gasteiger partial charge in [0.1, 0.15) is 0 Å². The number of amides is 1. The first-order chi connectivity index (χ1) is 12.8. The average Bonchev–Trinajstić information content (AvgIpc) is 3.12. The fourth-order valence-corrected chi connectivity index (χ4v) is 2.76. The average molecular weight is 346 g/mol. The molecule has 1 aliphatic rings. The van der Waals surface area contributed by atoms with Gasteiger partial charge in [-0.25, -0.2) is 0 Å². The van der Waals surface area contributed by atoms with E-state index in [2.05, 4.69) is 10.6 Å². The van der Waals surface area contributed by atoms with E-state index in [0.717, 1.165) is 34.1 Å². The first-order valence-electron chi connectivity index (χ1n) is 8.37. The van der Waals surface area contributed by atoms with Gasteiger partial charge in [-0.15, -0.1) is 0 Å². The molecule has 4 rings (SSSR count). The summed E-state index contributed by atoms with van der Waals surface area (Å²) in [5.41, 5.74) is 3.59. The molecule has 0 unspecified atom stereocenters. The highest BCUT2D eigenvalue weighted by Gasteiger charge is 2.13. The molecule has 26 heavy (non-hydrogen) atoms. The summed E-state index contributed by atoms with van der Waals surface area (Å²) < 4.78 is 10.7. The molecule has 3 aromatic rings. The van der Waals surface area contributed by atoms with Crippen molar-refractivity contribution in [3.63, 3.8) is 0 Å². The minimum Gasteiger partial charge on any atom is -0.454 e. The fraction of sp³-hybridized carbons (Fsp3) is 0.0952. The van der Waals surface area contributed by atoms with Crippen molar-refractivity contribution in [2.24, 2.45) is 0 Å². The predicted molar refractivity (Wildman–Crippen MR) is 101 cm³/mol. The van der Waals surface area contributed by atoms with Gasteiger partial charge in [-0.2, -0.15) is 0 Å². The van der Waals surface area contributed by atoms with Crippen LogP contribution in [0.1, 0.15) is 5.56 Å². The summed E-state index contributed by atoms with van der Waals surface area (Å²) in [5, 5.41) is 6.22. The number of rotatable bonds is 5. The monoisotopic (exact) mass is 346 g/mol. The van der Waals surface area contributed by atoms with Crippen LogP contribution in [-0.4, -0.2) is 12.7 Å². The van der Waals surface area contributed by atoms with Crippen molar-refractivity contribution in [1.29, 1.82) is 0 Å². The standard InChI is InChI=1S/C21H18N2O3/c24-21(12-15-4-2-1-3-5-15)23-17-8-6-16(7-9-17)22-18-10-11-19-20(13-18)26-14-25-19/h1-11,13,22H,12,14H2,(H,23,24). The van der Waals surface area contributed by atoms with Crippen LogP contribution >= 0.6 is 0 Å². The molecule has 0 fully saturated rings. The number of benzene rings is 3. The van der Waals surface area contributed by atoms with Crippen molar-refractivity contribution in [2.45, 2.75) is 6.42 Å². The molecule has 0 atom stereocenters.